The summed E-state index contributed by atoms with van der Waals surface area (Å²) in [5.41, 5.74) is 1.46. The van der Waals surface area contributed by atoms with Crippen LogP contribution < -0.4 is 5.32 Å². The molecule has 0 aliphatic rings. The lowest BCUT2D eigenvalue weighted by Gasteiger charge is -2.13. The minimum absolute atomic E-state index is 0.0346. The van der Waals surface area contributed by atoms with Crippen molar-refractivity contribution < 1.29 is 14.3 Å². The fraction of sp³-hybridized carbons (Fsp3) is 0.333. The lowest BCUT2D eigenvalue weighted by Crippen LogP contribution is -2.33. The van der Waals surface area contributed by atoms with Gasteiger partial charge in [0.05, 0.1) is 0 Å². The number of hydrogen-bond acceptors (Lipinski definition) is 4. The van der Waals surface area contributed by atoms with E-state index in [9.17, 15) is 9.90 Å². The number of nitrogens with one attached hydrogen (secondary N) is 1. The normalized spacial score (nSPS) is 12.1. The van der Waals surface area contributed by atoms with Crippen LogP contribution >= 0.6 is 0 Å². The zero-order chi connectivity index (χ0) is 14.5. The van der Waals surface area contributed by atoms with Crippen LogP contribution in [0.5, 0.6) is 5.75 Å². The zero-order valence-corrected chi connectivity index (χ0v) is 11.6. The number of oxazole rings is 1. The Morgan fingerprint density at radius 3 is 2.70 bits per heavy atom. The molecule has 1 aromatic carbocycles. The summed E-state index contributed by atoms with van der Waals surface area (Å²) in [5.74, 6) is 0.569. The van der Waals surface area contributed by atoms with Crippen molar-refractivity contribution in [3.05, 3.63) is 47.7 Å². The molecule has 0 aliphatic heterocycles. The molecular weight excluding hydrogens is 256 g/mol. The number of carbonyl (C=O) groups is 1. The molecule has 1 heterocycles. The molecule has 0 saturated heterocycles. The van der Waals surface area contributed by atoms with Gasteiger partial charge in [0.15, 0.2) is 12.1 Å². The fourth-order valence-electron chi connectivity index (χ4n) is 1.93. The first kappa shape index (κ1) is 14.1. The van der Waals surface area contributed by atoms with Gasteiger partial charge < -0.3 is 14.8 Å². The molecule has 106 valence electrons. The van der Waals surface area contributed by atoms with Gasteiger partial charge in [0.1, 0.15) is 11.5 Å². The van der Waals surface area contributed by atoms with E-state index in [4.69, 9.17) is 4.42 Å². The molecule has 0 radical (unpaired) electrons. The minimum atomic E-state index is -0.213. The maximum absolute atomic E-state index is 11.9. The van der Waals surface area contributed by atoms with E-state index in [-0.39, 0.29) is 17.7 Å². The van der Waals surface area contributed by atoms with E-state index < -0.39 is 0 Å². The molecule has 0 aliphatic carbocycles. The van der Waals surface area contributed by atoms with Crippen molar-refractivity contribution in [1.29, 1.82) is 0 Å². The predicted molar refractivity (Wildman–Crippen MR) is 74.6 cm³/mol. The Bertz CT molecular complexity index is 575. The van der Waals surface area contributed by atoms with Gasteiger partial charge in [-0.3, -0.25) is 4.79 Å². The first-order chi connectivity index (χ1) is 9.56. The second kappa shape index (κ2) is 6.23. The van der Waals surface area contributed by atoms with Gasteiger partial charge in [-0.15, -0.1) is 0 Å². The summed E-state index contributed by atoms with van der Waals surface area (Å²) in [6.07, 6.45) is 2.91. The highest BCUT2D eigenvalue weighted by Gasteiger charge is 2.15. The number of carbonyl (C=O) groups excluding carboxylic acids is 1. The van der Waals surface area contributed by atoms with Crippen LogP contribution in [-0.4, -0.2) is 22.0 Å². The maximum atomic E-state index is 11.9. The fourth-order valence-corrected chi connectivity index (χ4v) is 1.93. The van der Waals surface area contributed by atoms with Crippen LogP contribution in [0.25, 0.3) is 0 Å². The molecule has 2 N–H and O–H groups in total. The largest absolute Gasteiger partial charge is 0.508 e. The number of rotatable bonds is 5. The highest BCUT2D eigenvalue weighted by Crippen LogP contribution is 2.12. The third kappa shape index (κ3) is 3.60. The number of aromatic nitrogens is 1. The molecule has 2 rings (SSSR count). The van der Waals surface area contributed by atoms with E-state index in [0.29, 0.717) is 11.5 Å². The van der Waals surface area contributed by atoms with E-state index in [2.05, 4.69) is 10.3 Å². The average Bonchev–Trinajstić information content (AvgIpc) is 2.84. The Hall–Kier alpha value is -2.30. The number of aryl methyl sites for hydroxylation is 2. The number of benzene rings is 1. The van der Waals surface area contributed by atoms with E-state index in [1.165, 1.54) is 6.39 Å². The number of hydrogen-bond donors (Lipinski definition) is 2. The summed E-state index contributed by atoms with van der Waals surface area (Å²) < 4.78 is 5.01. The molecule has 1 amide bonds. The maximum Gasteiger partial charge on any atom is 0.273 e. The summed E-state index contributed by atoms with van der Waals surface area (Å²) >= 11 is 0. The van der Waals surface area contributed by atoms with Crippen LogP contribution in [0.4, 0.5) is 0 Å². The number of phenolic OH excluding ortho intramolecular Hbond substituents is 1. The zero-order valence-electron chi connectivity index (χ0n) is 11.6. The Balaban J connectivity index is 1.83. The van der Waals surface area contributed by atoms with Crippen molar-refractivity contribution in [3.8, 4) is 5.75 Å². The number of phenols is 1. The van der Waals surface area contributed by atoms with Gasteiger partial charge in [-0.25, -0.2) is 4.98 Å². The van der Waals surface area contributed by atoms with Crippen LogP contribution in [0.15, 0.2) is 35.1 Å². The van der Waals surface area contributed by atoms with Gasteiger partial charge in [-0.05, 0) is 44.4 Å². The quantitative estimate of drug-likeness (QED) is 0.878. The van der Waals surface area contributed by atoms with Crippen LogP contribution in [0.2, 0.25) is 0 Å². The number of aromatic hydroxyl groups is 1. The van der Waals surface area contributed by atoms with Gasteiger partial charge in [0.25, 0.3) is 5.91 Å². The first-order valence-electron chi connectivity index (χ1n) is 6.55. The SMILES string of the molecule is Cc1ocnc1C(=O)N[C@H](C)CCc1ccc(O)cc1. The lowest BCUT2D eigenvalue weighted by atomic mass is 10.1. The third-order valence-electron chi connectivity index (χ3n) is 3.14. The Morgan fingerprint density at radius 1 is 1.40 bits per heavy atom. The van der Waals surface area contributed by atoms with Crippen LogP contribution in [0.1, 0.15) is 35.2 Å². The number of amides is 1. The lowest BCUT2D eigenvalue weighted by molar-refractivity contribution is 0.0932. The van der Waals surface area contributed by atoms with Gasteiger partial charge in [-0.2, -0.15) is 0 Å². The van der Waals surface area contributed by atoms with Crippen LogP contribution in [0, 0.1) is 6.92 Å². The van der Waals surface area contributed by atoms with Crippen molar-refractivity contribution in [2.24, 2.45) is 0 Å². The van der Waals surface area contributed by atoms with Crippen molar-refractivity contribution in [2.75, 3.05) is 0 Å². The average molecular weight is 274 g/mol. The van der Waals surface area contributed by atoms with Gasteiger partial charge in [0, 0.05) is 6.04 Å². The molecule has 1 aromatic heterocycles. The Kier molecular flexibility index (Phi) is 4.40. The summed E-state index contributed by atoms with van der Waals surface area (Å²) in [6, 6.07) is 7.12. The minimum Gasteiger partial charge on any atom is -0.508 e. The second-order valence-corrected chi connectivity index (χ2v) is 4.84. The Morgan fingerprint density at radius 2 is 2.10 bits per heavy atom. The molecule has 20 heavy (non-hydrogen) atoms. The molecule has 0 saturated carbocycles. The summed E-state index contributed by atoms with van der Waals surface area (Å²) in [5, 5.41) is 12.1. The van der Waals surface area contributed by atoms with Crippen LogP contribution in [0.3, 0.4) is 0 Å². The summed E-state index contributed by atoms with van der Waals surface area (Å²) in [6.45, 7) is 3.66. The molecule has 5 heteroatoms. The smallest absolute Gasteiger partial charge is 0.273 e. The van der Waals surface area contributed by atoms with E-state index in [0.717, 1.165) is 18.4 Å². The molecular formula is C15H18N2O3. The molecule has 5 nitrogen and oxygen atoms in total. The van der Waals surface area contributed by atoms with Crippen molar-refractivity contribution in [1.82, 2.24) is 10.3 Å². The van der Waals surface area contributed by atoms with Crippen molar-refractivity contribution >= 4 is 5.91 Å². The standard InChI is InChI=1S/C15H18N2O3/c1-10(3-4-12-5-7-13(18)8-6-12)17-15(19)14-11(2)20-9-16-14/h5-10,18H,3-4H2,1-2H3,(H,17,19)/t10-/m1/s1. The van der Waals surface area contributed by atoms with E-state index in [1.54, 1.807) is 19.1 Å². The molecule has 1 atom stereocenters. The van der Waals surface area contributed by atoms with Crippen molar-refractivity contribution in [2.45, 2.75) is 32.7 Å². The molecule has 2 aromatic rings. The summed E-state index contributed by atoms with van der Waals surface area (Å²) in [7, 11) is 0. The second-order valence-electron chi connectivity index (χ2n) is 4.84. The summed E-state index contributed by atoms with van der Waals surface area (Å²) in [4.78, 5) is 15.8. The molecule has 0 bridgehead atoms. The molecule has 0 unspecified atom stereocenters. The molecule has 0 spiro atoms. The van der Waals surface area contributed by atoms with Gasteiger partial charge in [-0.1, -0.05) is 12.1 Å². The highest BCUT2D eigenvalue weighted by atomic mass is 16.3. The van der Waals surface area contributed by atoms with Crippen molar-refractivity contribution in [3.63, 3.8) is 0 Å². The number of nitrogens with zero attached hydrogens (tertiary/aromatic N) is 1. The third-order valence-corrected chi connectivity index (χ3v) is 3.14. The van der Waals surface area contributed by atoms with Crippen LogP contribution in [-0.2, 0) is 6.42 Å². The Labute approximate surface area is 117 Å². The molecule has 0 fully saturated rings. The van der Waals surface area contributed by atoms with E-state index in [1.807, 2.05) is 19.1 Å². The first-order valence-corrected chi connectivity index (χ1v) is 6.55. The monoisotopic (exact) mass is 274 g/mol. The van der Waals surface area contributed by atoms with Gasteiger partial charge in [0.2, 0.25) is 0 Å². The van der Waals surface area contributed by atoms with Gasteiger partial charge >= 0.3 is 0 Å². The topological polar surface area (TPSA) is 75.4 Å². The van der Waals surface area contributed by atoms with E-state index >= 15 is 0 Å². The predicted octanol–water partition coefficient (Wildman–Crippen LogP) is 2.44. The highest BCUT2D eigenvalue weighted by molar-refractivity contribution is 5.93.